The van der Waals surface area contributed by atoms with Crippen LogP contribution in [-0.4, -0.2) is 64.1 Å². The number of morpholine rings is 1. The Morgan fingerprint density at radius 3 is 2.61 bits per heavy atom. The Kier molecular flexibility index (Phi) is 7.72. The Labute approximate surface area is 197 Å². The number of nitrogens with one attached hydrogen (secondary N) is 1. The van der Waals surface area contributed by atoms with E-state index in [4.69, 9.17) is 16.3 Å². The van der Waals surface area contributed by atoms with Crippen LogP contribution in [0.15, 0.2) is 36.4 Å². The molecular weight excluding hydrogens is 444 g/mol. The highest BCUT2D eigenvalue weighted by atomic mass is 35.5. The molecule has 0 atom stereocenters. The molecule has 0 radical (unpaired) electrons. The van der Waals surface area contributed by atoms with Crippen molar-refractivity contribution in [1.29, 1.82) is 0 Å². The second kappa shape index (κ2) is 10.9. The third-order valence-corrected chi connectivity index (χ3v) is 5.93. The molecule has 174 valence electrons. The number of nitrogens with zero attached hydrogens (tertiary/aromatic N) is 3. The van der Waals surface area contributed by atoms with Crippen LogP contribution < -0.4 is 5.32 Å². The number of aryl methyl sites for hydroxylation is 1. The number of aliphatic hydroxyl groups is 1. The average molecular weight is 471 g/mol. The number of fused-ring (bicyclic) bond motifs is 1. The van der Waals surface area contributed by atoms with Crippen LogP contribution in [0.25, 0.3) is 10.9 Å². The number of amides is 1. The fourth-order valence-electron chi connectivity index (χ4n) is 3.92. The zero-order chi connectivity index (χ0) is 23.2. The van der Waals surface area contributed by atoms with Gasteiger partial charge in [-0.3, -0.25) is 9.69 Å². The lowest BCUT2D eigenvalue weighted by atomic mass is 10.00. The summed E-state index contributed by atoms with van der Waals surface area (Å²) in [7, 11) is 0. The predicted molar refractivity (Wildman–Crippen MR) is 125 cm³/mol. The fraction of sp³-hybridized carbons (Fsp3) is 0.375. The van der Waals surface area contributed by atoms with Gasteiger partial charge in [0.25, 0.3) is 5.91 Å². The largest absolute Gasteiger partial charge is 0.505 e. The molecule has 0 aliphatic carbocycles. The predicted octanol–water partition coefficient (Wildman–Crippen LogP) is 2.68. The second-order valence-electron chi connectivity index (χ2n) is 8.07. The van der Waals surface area contributed by atoms with Gasteiger partial charge < -0.3 is 20.3 Å². The minimum atomic E-state index is -0.507. The topological polar surface area (TPSA) is 108 Å². The van der Waals surface area contributed by atoms with Crippen molar-refractivity contribution >= 4 is 28.4 Å². The fourth-order valence-corrected chi connectivity index (χ4v) is 4.05. The SMILES string of the molecule is O=C(NCc1ccc(Cl)cc1)c1nnc2c(CCCO)cc(CN3CCOCC3)cc2c1O. The van der Waals surface area contributed by atoms with Gasteiger partial charge in [-0.15, -0.1) is 10.2 Å². The quantitative estimate of drug-likeness (QED) is 0.464. The van der Waals surface area contributed by atoms with Gasteiger partial charge in [-0.2, -0.15) is 0 Å². The summed E-state index contributed by atoms with van der Waals surface area (Å²) < 4.78 is 5.43. The Hall–Kier alpha value is -2.78. The number of rotatable bonds is 8. The van der Waals surface area contributed by atoms with Crippen LogP contribution in [0.5, 0.6) is 5.75 Å². The number of carbonyl (C=O) groups excluding carboxylic acids is 1. The first-order valence-electron chi connectivity index (χ1n) is 11.0. The van der Waals surface area contributed by atoms with Crippen LogP contribution in [0.2, 0.25) is 5.02 Å². The molecular formula is C24H27ClN4O4. The van der Waals surface area contributed by atoms with Crippen molar-refractivity contribution in [3.63, 3.8) is 0 Å². The molecule has 1 aromatic heterocycles. The molecule has 0 unspecified atom stereocenters. The Morgan fingerprint density at radius 1 is 1.12 bits per heavy atom. The normalized spacial score (nSPS) is 14.5. The van der Waals surface area contributed by atoms with Gasteiger partial charge in [-0.05, 0) is 47.7 Å². The molecule has 8 nitrogen and oxygen atoms in total. The molecule has 0 spiro atoms. The summed E-state index contributed by atoms with van der Waals surface area (Å²) in [6.45, 7) is 4.09. The van der Waals surface area contributed by atoms with E-state index in [0.717, 1.165) is 29.8 Å². The summed E-state index contributed by atoms with van der Waals surface area (Å²) in [5.74, 6) is -0.699. The van der Waals surface area contributed by atoms with Crippen LogP contribution in [0.3, 0.4) is 0 Å². The summed E-state index contributed by atoms with van der Waals surface area (Å²) in [5.41, 5.74) is 3.20. The van der Waals surface area contributed by atoms with Crippen molar-refractivity contribution in [3.05, 3.63) is 63.8 Å². The van der Waals surface area contributed by atoms with E-state index < -0.39 is 5.91 Å². The molecule has 2 heterocycles. The van der Waals surface area contributed by atoms with Crippen LogP contribution in [0.4, 0.5) is 0 Å². The highest BCUT2D eigenvalue weighted by molar-refractivity contribution is 6.30. The first kappa shape index (κ1) is 23.4. The van der Waals surface area contributed by atoms with Crippen LogP contribution in [0, 0.1) is 0 Å². The maximum Gasteiger partial charge on any atom is 0.275 e. The van der Waals surface area contributed by atoms with E-state index in [9.17, 15) is 15.0 Å². The van der Waals surface area contributed by atoms with Crippen molar-refractivity contribution in [2.75, 3.05) is 32.9 Å². The highest BCUT2D eigenvalue weighted by Crippen LogP contribution is 2.30. The van der Waals surface area contributed by atoms with Gasteiger partial charge in [-0.25, -0.2) is 0 Å². The van der Waals surface area contributed by atoms with E-state index in [1.807, 2.05) is 24.3 Å². The molecule has 3 aromatic rings. The molecule has 4 rings (SSSR count). The number of carbonyl (C=O) groups is 1. The summed E-state index contributed by atoms with van der Waals surface area (Å²) >= 11 is 5.90. The molecule has 33 heavy (non-hydrogen) atoms. The first-order valence-corrected chi connectivity index (χ1v) is 11.4. The minimum Gasteiger partial charge on any atom is -0.505 e. The van der Waals surface area contributed by atoms with Gasteiger partial charge in [0.15, 0.2) is 11.4 Å². The molecule has 1 fully saturated rings. The van der Waals surface area contributed by atoms with E-state index in [0.29, 0.717) is 48.5 Å². The lowest BCUT2D eigenvalue weighted by Crippen LogP contribution is -2.35. The molecule has 2 aromatic carbocycles. The number of hydrogen-bond acceptors (Lipinski definition) is 7. The molecule has 0 bridgehead atoms. The number of halogens is 1. The maximum atomic E-state index is 12.8. The van der Waals surface area contributed by atoms with Crippen molar-refractivity contribution in [3.8, 4) is 5.75 Å². The van der Waals surface area contributed by atoms with Gasteiger partial charge in [0.05, 0.1) is 18.7 Å². The van der Waals surface area contributed by atoms with Crippen molar-refractivity contribution in [2.45, 2.75) is 25.9 Å². The smallest absolute Gasteiger partial charge is 0.275 e. The number of aromatic hydroxyl groups is 1. The second-order valence-corrected chi connectivity index (χ2v) is 8.51. The lowest BCUT2D eigenvalue weighted by molar-refractivity contribution is 0.0342. The van der Waals surface area contributed by atoms with E-state index >= 15 is 0 Å². The first-order chi connectivity index (χ1) is 16.0. The van der Waals surface area contributed by atoms with Crippen molar-refractivity contribution in [2.24, 2.45) is 0 Å². The Bertz CT molecular complexity index is 1120. The van der Waals surface area contributed by atoms with Gasteiger partial charge in [0.1, 0.15) is 0 Å². The standard InChI is InChI=1S/C24H27ClN4O4/c25-19-5-3-16(4-6-19)14-26-24(32)22-23(31)20-13-17(15-29-7-10-33-11-8-29)12-18(2-1-9-30)21(20)27-28-22/h3-6,12-13,30H,1-2,7-11,14-15H2,(H,26,32)(H,27,31). The van der Waals surface area contributed by atoms with E-state index in [2.05, 4.69) is 20.4 Å². The molecule has 1 amide bonds. The van der Waals surface area contributed by atoms with E-state index in [1.165, 1.54) is 0 Å². The average Bonchev–Trinajstić information content (AvgIpc) is 2.83. The Morgan fingerprint density at radius 2 is 1.88 bits per heavy atom. The van der Waals surface area contributed by atoms with Crippen molar-refractivity contribution < 1.29 is 19.7 Å². The van der Waals surface area contributed by atoms with Gasteiger partial charge >= 0.3 is 0 Å². The van der Waals surface area contributed by atoms with Gasteiger partial charge in [-0.1, -0.05) is 29.8 Å². The van der Waals surface area contributed by atoms with Gasteiger partial charge in [0.2, 0.25) is 0 Å². The summed E-state index contributed by atoms with van der Waals surface area (Å²) in [6, 6.07) is 11.1. The van der Waals surface area contributed by atoms with E-state index in [-0.39, 0.29) is 24.6 Å². The highest BCUT2D eigenvalue weighted by Gasteiger charge is 2.20. The Balaban J connectivity index is 1.61. The molecule has 1 aliphatic heterocycles. The minimum absolute atomic E-state index is 0.0553. The van der Waals surface area contributed by atoms with Crippen molar-refractivity contribution in [1.82, 2.24) is 20.4 Å². The zero-order valence-electron chi connectivity index (χ0n) is 18.3. The molecule has 0 saturated carbocycles. The lowest BCUT2D eigenvalue weighted by Gasteiger charge is -2.27. The number of ether oxygens (including phenoxy) is 1. The molecule has 3 N–H and O–H groups in total. The number of benzene rings is 2. The zero-order valence-corrected chi connectivity index (χ0v) is 19.0. The maximum absolute atomic E-state index is 12.8. The third-order valence-electron chi connectivity index (χ3n) is 5.67. The third kappa shape index (κ3) is 5.78. The molecule has 1 saturated heterocycles. The summed E-state index contributed by atoms with van der Waals surface area (Å²) in [5, 5.41) is 32.4. The van der Waals surface area contributed by atoms with Gasteiger partial charge in [0, 0.05) is 43.2 Å². The summed E-state index contributed by atoms with van der Waals surface area (Å²) in [6.07, 6.45) is 1.17. The molecule has 9 heteroatoms. The van der Waals surface area contributed by atoms with Crippen LogP contribution in [0.1, 0.15) is 33.6 Å². The van der Waals surface area contributed by atoms with Crippen LogP contribution in [-0.2, 0) is 24.2 Å². The van der Waals surface area contributed by atoms with E-state index in [1.54, 1.807) is 12.1 Å². The molecule has 1 aliphatic rings. The monoisotopic (exact) mass is 470 g/mol. The number of aliphatic hydroxyl groups excluding tert-OH is 1. The summed E-state index contributed by atoms with van der Waals surface area (Å²) in [4.78, 5) is 15.0. The van der Waals surface area contributed by atoms with Crippen LogP contribution >= 0.6 is 11.6 Å². The number of hydrogen-bond donors (Lipinski definition) is 3. The number of aromatic nitrogens is 2.